The molecule has 1 aliphatic heterocycles. The van der Waals surface area contributed by atoms with Crippen molar-refractivity contribution in [2.45, 2.75) is 58.1 Å². The van der Waals surface area contributed by atoms with E-state index in [4.69, 9.17) is 4.74 Å². The molecule has 1 saturated heterocycles. The van der Waals surface area contributed by atoms with Gasteiger partial charge in [-0.25, -0.2) is 0 Å². The summed E-state index contributed by atoms with van der Waals surface area (Å²) in [5, 5.41) is 2.47. The van der Waals surface area contributed by atoms with Crippen molar-refractivity contribution in [1.82, 2.24) is 0 Å². The Hall–Kier alpha value is -1.84. The minimum Gasteiger partial charge on any atom is -0.378 e. The number of ether oxygens (including phenoxy) is 1. The molecule has 1 heterocycles. The van der Waals surface area contributed by atoms with Gasteiger partial charge in [-0.05, 0) is 43.4 Å². The molecule has 2 aromatic carbocycles. The van der Waals surface area contributed by atoms with Crippen molar-refractivity contribution in [3.05, 3.63) is 65.2 Å². The Morgan fingerprint density at radius 2 is 1.76 bits per heavy atom. The largest absolute Gasteiger partial charge is 0.378 e. The molecule has 3 nitrogen and oxygen atoms in total. The lowest BCUT2D eigenvalue weighted by molar-refractivity contribution is -0.671. The van der Waals surface area contributed by atoms with Crippen LogP contribution in [0.4, 0.5) is 5.69 Å². The molecule has 0 unspecified atom stereocenters. The fraction of sp³-hybridized carbons (Fsp3) is 0.538. The van der Waals surface area contributed by atoms with Crippen molar-refractivity contribution >= 4 is 5.69 Å². The Labute approximate surface area is 177 Å². The first-order valence-electron chi connectivity index (χ1n) is 11.2. The Balaban J connectivity index is 1.65. The molecular formula is C26H39N2O+. The second kappa shape index (κ2) is 9.77. The monoisotopic (exact) mass is 395 g/mol. The van der Waals surface area contributed by atoms with E-state index in [-0.39, 0.29) is 5.41 Å². The van der Waals surface area contributed by atoms with Gasteiger partial charge in [0.1, 0.15) is 6.54 Å². The van der Waals surface area contributed by atoms with Gasteiger partial charge in [-0.2, -0.15) is 0 Å². The highest BCUT2D eigenvalue weighted by molar-refractivity contribution is 5.45. The minimum atomic E-state index is 0.242. The Morgan fingerprint density at radius 1 is 1.07 bits per heavy atom. The SMILES string of the molecule is Cc1ccc([C@@]2(CC[NH2+]Cc3ccc(N(C)C)cc3)CCO[C@H](C(C)C)C2)cc1. The molecule has 2 aromatic rings. The predicted octanol–water partition coefficient (Wildman–Crippen LogP) is 4.29. The van der Waals surface area contributed by atoms with E-state index in [1.807, 2.05) is 0 Å². The highest BCUT2D eigenvalue weighted by atomic mass is 16.5. The Kier molecular flexibility index (Phi) is 7.37. The summed E-state index contributed by atoms with van der Waals surface area (Å²) in [7, 11) is 4.17. The van der Waals surface area contributed by atoms with E-state index in [9.17, 15) is 0 Å². The van der Waals surface area contributed by atoms with Gasteiger partial charge in [0.2, 0.25) is 0 Å². The van der Waals surface area contributed by atoms with Crippen molar-refractivity contribution < 1.29 is 10.1 Å². The second-order valence-electron chi connectivity index (χ2n) is 9.35. The van der Waals surface area contributed by atoms with Gasteiger partial charge in [0.15, 0.2) is 0 Å². The third kappa shape index (κ3) is 5.61. The maximum absolute atomic E-state index is 6.13. The number of hydrogen-bond acceptors (Lipinski definition) is 2. The van der Waals surface area contributed by atoms with Gasteiger partial charge in [0, 0.05) is 43.8 Å². The summed E-state index contributed by atoms with van der Waals surface area (Å²) in [6.45, 7) is 9.82. The molecule has 3 rings (SSSR count). The summed E-state index contributed by atoms with van der Waals surface area (Å²) >= 11 is 0. The van der Waals surface area contributed by atoms with Gasteiger partial charge in [-0.15, -0.1) is 0 Å². The van der Waals surface area contributed by atoms with Crippen LogP contribution in [0.15, 0.2) is 48.5 Å². The zero-order valence-electron chi connectivity index (χ0n) is 18.9. The maximum Gasteiger partial charge on any atom is 0.101 e. The molecule has 1 aliphatic rings. The maximum atomic E-state index is 6.13. The third-order valence-corrected chi connectivity index (χ3v) is 6.57. The van der Waals surface area contributed by atoms with Crippen LogP contribution in [0.3, 0.4) is 0 Å². The molecule has 0 aromatic heterocycles. The molecule has 2 atom stereocenters. The zero-order chi connectivity index (χ0) is 20.9. The highest BCUT2D eigenvalue weighted by Gasteiger charge is 2.39. The number of aryl methyl sites for hydroxylation is 1. The molecule has 0 amide bonds. The van der Waals surface area contributed by atoms with Crippen molar-refractivity contribution in [1.29, 1.82) is 0 Å². The number of anilines is 1. The molecule has 3 heteroatoms. The average Bonchev–Trinajstić information content (AvgIpc) is 2.72. The van der Waals surface area contributed by atoms with E-state index >= 15 is 0 Å². The summed E-state index contributed by atoms with van der Waals surface area (Å²) in [6, 6.07) is 18.2. The van der Waals surface area contributed by atoms with Crippen LogP contribution >= 0.6 is 0 Å². The quantitative estimate of drug-likeness (QED) is 0.676. The topological polar surface area (TPSA) is 29.1 Å². The smallest absolute Gasteiger partial charge is 0.101 e. The van der Waals surface area contributed by atoms with E-state index < -0.39 is 0 Å². The lowest BCUT2D eigenvalue weighted by atomic mass is 9.68. The van der Waals surface area contributed by atoms with Gasteiger partial charge >= 0.3 is 0 Å². The van der Waals surface area contributed by atoms with Crippen molar-refractivity contribution in [2.75, 3.05) is 32.1 Å². The summed E-state index contributed by atoms with van der Waals surface area (Å²) < 4.78 is 6.13. The van der Waals surface area contributed by atoms with Crippen LogP contribution in [0, 0.1) is 12.8 Å². The lowest BCUT2D eigenvalue weighted by Crippen LogP contribution is -2.83. The Morgan fingerprint density at radius 3 is 2.38 bits per heavy atom. The van der Waals surface area contributed by atoms with Crippen LogP contribution < -0.4 is 10.2 Å². The van der Waals surface area contributed by atoms with Crippen LogP contribution in [-0.4, -0.2) is 33.4 Å². The van der Waals surface area contributed by atoms with Gasteiger partial charge in [-0.3, -0.25) is 0 Å². The second-order valence-corrected chi connectivity index (χ2v) is 9.35. The van der Waals surface area contributed by atoms with E-state index in [0.717, 1.165) is 32.5 Å². The molecule has 0 radical (unpaired) electrons. The zero-order valence-corrected chi connectivity index (χ0v) is 18.9. The third-order valence-electron chi connectivity index (χ3n) is 6.57. The molecule has 0 bridgehead atoms. The van der Waals surface area contributed by atoms with Gasteiger partial charge in [0.05, 0.1) is 12.6 Å². The normalized spacial score (nSPS) is 22.1. The number of benzene rings is 2. The Bertz CT molecular complexity index is 751. The molecule has 158 valence electrons. The lowest BCUT2D eigenvalue weighted by Gasteiger charge is -2.42. The summed E-state index contributed by atoms with van der Waals surface area (Å²) in [4.78, 5) is 2.15. The standard InChI is InChI=1S/C26H38N2O/c1-20(2)25-18-26(15-17-29-25,23-10-6-21(3)7-11-23)14-16-27-19-22-8-12-24(13-9-22)28(4)5/h6-13,20,25,27H,14-19H2,1-5H3/p+1/t25-,26-/m0/s1. The molecule has 0 aliphatic carbocycles. The van der Waals surface area contributed by atoms with Crippen molar-refractivity contribution in [3.8, 4) is 0 Å². The number of hydrogen-bond donors (Lipinski definition) is 1. The van der Waals surface area contributed by atoms with E-state index in [2.05, 4.69) is 93.6 Å². The average molecular weight is 396 g/mol. The fourth-order valence-corrected chi connectivity index (χ4v) is 4.50. The van der Waals surface area contributed by atoms with Crippen molar-refractivity contribution in [3.63, 3.8) is 0 Å². The first-order valence-corrected chi connectivity index (χ1v) is 11.2. The number of nitrogens with two attached hydrogens (primary N) is 1. The molecule has 0 spiro atoms. The van der Waals surface area contributed by atoms with Gasteiger partial charge < -0.3 is 15.0 Å². The van der Waals surface area contributed by atoms with E-state index in [1.54, 1.807) is 0 Å². The number of rotatable bonds is 8. The molecule has 1 fully saturated rings. The van der Waals surface area contributed by atoms with Crippen LogP contribution in [-0.2, 0) is 16.7 Å². The summed E-state index contributed by atoms with van der Waals surface area (Å²) in [5.74, 6) is 0.569. The predicted molar refractivity (Wildman–Crippen MR) is 123 cm³/mol. The summed E-state index contributed by atoms with van der Waals surface area (Å²) in [6.07, 6.45) is 3.84. The molecular weight excluding hydrogens is 356 g/mol. The fourth-order valence-electron chi connectivity index (χ4n) is 4.50. The van der Waals surface area contributed by atoms with Gasteiger partial charge in [-0.1, -0.05) is 55.8 Å². The van der Waals surface area contributed by atoms with E-state index in [0.29, 0.717) is 12.0 Å². The number of quaternary nitrogens is 1. The molecule has 0 saturated carbocycles. The highest BCUT2D eigenvalue weighted by Crippen LogP contribution is 2.41. The molecule has 2 N–H and O–H groups in total. The van der Waals surface area contributed by atoms with Crippen LogP contribution in [0.25, 0.3) is 0 Å². The minimum absolute atomic E-state index is 0.242. The van der Waals surface area contributed by atoms with Crippen LogP contribution in [0.2, 0.25) is 0 Å². The van der Waals surface area contributed by atoms with Gasteiger partial charge in [0.25, 0.3) is 0 Å². The van der Waals surface area contributed by atoms with Crippen LogP contribution in [0.1, 0.15) is 49.8 Å². The number of nitrogens with zero attached hydrogens (tertiary/aromatic N) is 1. The van der Waals surface area contributed by atoms with Crippen molar-refractivity contribution in [2.24, 2.45) is 5.92 Å². The first kappa shape index (κ1) is 21.9. The molecule has 29 heavy (non-hydrogen) atoms. The first-order chi connectivity index (χ1) is 13.9. The van der Waals surface area contributed by atoms with Crippen LogP contribution in [0.5, 0.6) is 0 Å². The van der Waals surface area contributed by atoms with E-state index in [1.165, 1.54) is 28.8 Å². The summed E-state index contributed by atoms with van der Waals surface area (Å²) in [5.41, 5.74) is 5.73.